The van der Waals surface area contributed by atoms with E-state index < -0.39 is 0 Å². The maximum absolute atomic E-state index is 12.6. The Balaban J connectivity index is 1.54. The van der Waals surface area contributed by atoms with Crippen LogP contribution in [0.3, 0.4) is 0 Å². The van der Waals surface area contributed by atoms with Crippen molar-refractivity contribution in [3.8, 4) is 22.6 Å². The summed E-state index contributed by atoms with van der Waals surface area (Å²) in [6, 6.07) is 22.8. The average molecular weight is 384 g/mol. The van der Waals surface area contributed by atoms with Gasteiger partial charge in [0.2, 0.25) is 5.78 Å². The maximum atomic E-state index is 12.6. The quantitative estimate of drug-likeness (QED) is 0.337. The number of Topliss-reactive ketones (excluding diaryl/α,β-unsaturated/α-hetero) is 1. The van der Waals surface area contributed by atoms with E-state index in [-0.39, 0.29) is 23.4 Å². The molecule has 0 N–H and O–H groups in total. The van der Waals surface area contributed by atoms with Crippen LogP contribution in [0.1, 0.15) is 29.8 Å². The first kappa shape index (κ1) is 18.7. The second-order valence-electron chi connectivity index (χ2n) is 7.16. The number of hydrogen-bond acceptors (Lipinski definition) is 4. The van der Waals surface area contributed by atoms with Gasteiger partial charge in [0.05, 0.1) is 11.5 Å². The van der Waals surface area contributed by atoms with E-state index in [9.17, 15) is 9.59 Å². The Morgan fingerprint density at radius 3 is 2.31 bits per heavy atom. The molecule has 1 aliphatic heterocycles. The molecule has 0 radical (unpaired) electrons. The van der Waals surface area contributed by atoms with Gasteiger partial charge in [-0.3, -0.25) is 9.59 Å². The van der Waals surface area contributed by atoms with Crippen molar-refractivity contribution >= 4 is 17.8 Å². The van der Waals surface area contributed by atoms with Crippen LogP contribution >= 0.6 is 0 Å². The lowest BCUT2D eigenvalue weighted by atomic mass is 10.0. The van der Waals surface area contributed by atoms with E-state index in [1.807, 2.05) is 42.5 Å². The first-order valence-corrected chi connectivity index (χ1v) is 9.47. The summed E-state index contributed by atoms with van der Waals surface area (Å²) < 4.78 is 11.0. The van der Waals surface area contributed by atoms with E-state index >= 15 is 0 Å². The van der Waals surface area contributed by atoms with Crippen LogP contribution in [-0.2, 0) is 4.79 Å². The Morgan fingerprint density at radius 1 is 0.931 bits per heavy atom. The van der Waals surface area contributed by atoms with Crippen molar-refractivity contribution in [1.82, 2.24) is 0 Å². The summed E-state index contributed by atoms with van der Waals surface area (Å²) in [5, 5.41) is 0. The molecule has 0 amide bonds. The summed E-state index contributed by atoms with van der Waals surface area (Å²) in [5.41, 5.74) is 3.57. The number of allylic oxidation sites excluding steroid dienone is 1. The van der Waals surface area contributed by atoms with Gasteiger partial charge in [0.15, 0.2) is 5.76 Å². The van der Waals surface area contributed by atoms with Crippen LogP contribution in [0, 0.1) is 5.92 Å². The Kier molecular flexibility index (Phi) is 5.00. The zero-order valence-corrected chi connectivity index (χ0v) is 16.2. The molecule has 3 aromatic carbocycles. The van der Waals surface area contributed by atoms with Crippen LogP contribution in [0.2, 0.25) is 0 Å². The highest BCUT2D eigenvalue weighted by molar-refractivity contribution is 6.14. The summed E-state index contributed by atoms with van der Waals surface area (Å²) in [6.07, 6.45) is 1.72. The Morgan fingerprint density at radius 2 is 1.62 bits per heavy atom. The second-order valence-corrected chi connectivity index (χ2v) is 7.16. The molecule has 0 saturated heterocycles. The van der Waals surface area contributed by atoms with Gasteiger partial charge in [0, 0.05) is 6.07 Å². The lowest BCUT2D eigenvalue weighted by Crippen LogP contribution is -2.14. The molecule has 4 heteroatoms. The summed E-state index contributed by atoms with van der Waals surface area (Å²) in [6.45, 7) is 3.53. The van der Waals surface area contributed by atoms with E-state index in [0.29, 0.717) is 17.1 Å². The molecular formula is C25H20O4. The lowest BCUT2D eigenvalue weighted by Gasteiger charge is -2.07. The largest absolute Gasteiger partial charge is 0.452 e. The molecule has 3 aromatic rings. The molecule has 4 nitrogen and oxygen atoms in total. The Labute approximate surface area is 169 Å². The minimum absolute atomic E-state index is 0.186. The summed E-state index contributed by atoms with van der Waals surface area (Å²) in [5.74, 6) is 0.261. The molecule has 0 spiro atoms. The minimum atomic E-state index is -0.330. The van der Waals surface area contributed by atoms with Gasteiger partial charge in [0.25, 0.3) is 0 Å². The van der Waals surface area contributed by atoms with Gasteiger partial charge in [-0.2, -0.15) is 0 Å². The molecule has 0 saturated carbocycles. The van der Waals surface area contributed by atoms with Gasteiger partial charge in [-0.1, -0.05) is 68.4 Å². The van der Waals surface area contributed by atoms with Crippen LogP contribution in [0.4, 0.5) is 0 Å². The van der Waals surface area contributed by atoms with Crippen LogP contribution in [0.25, 0.3) is 17.2 Å². The van der Waals surface area contributed by atoms with Crippen molar-refractivity contribution < 1.29 is 19.1 Å². The zero-order chi connectivity index (χ0) is 20.4. The highest BCUT2D eigenvalue weighted by Crippen LogP contribution is 2.35. The van der Waals surface area contributed by atoms with Crippen LogP contribution in [0.15, 0.2) is 78.6 Å². The third-order valence-electron chi connectivity index (χ3n) is 4.65. The van der Waals surface area contributed by atoms with E-state index in [0.717, 1.165) is 16.7 Å². The lowest BCUT2D eigenvalue weighted by molar-refractivity contribution is -0.137. The van der Waals surface area contributed by atoms with Crippen molar-refractivity contribution in [2.24, 2.45) is 5.92 Å². The van der Waals surface area contributed by atoms with Gasteiger partial charge < -0.3 is 9.47 Å². The number of hydrogen-bond donors (Lipinski definition) is 0. The third kappa shape index (κ3) is 3.97. The van der Waals surface area contributed by atoms with E-state index in [1.54, 1.807) is 38.1 Å². The van der Waals surface area contributed by atoms with E-state index in [2.05, 4.69) is 12.1 Å². The number of carbonyl (C=O) groups is 2. The predicted molar refractivity (Wildman–Crippen MR) is 112 cm³/mol. The molecule has 4 rings (SSSR count). The minimum Gasteiger partial charge on any atom is -0.452 e. The highest BCUT2D eigenvalue weighted by atomic mass is 16.5. The number of ether oxygens (including phenoxy) is 2. The van der Waals surface area contributed by atoms with Crippen molar-refractivity contribution in [2.75, 3.05) is 0 Å². The molecule has 1 heterocycles. The van der Waals surface area contributed by atoms with Crippen LogP contribution in [0.5, 0.6) is 11.5 Å². The fourth-order valence-corrected chi connectivity index (χ4v) is 3.02. The number of fused-ring (bicyclic) bond motifs is 1. The first-order chi connectivity index (χ1) is 14.0. The molecule has 0 aromatic heterocycles. The fraction of sp³-hybridized carbons (Fsp3) is 0.120. The Bertz CT molecular complexity index is 1090. The number of ketones is 1. The summed E-state index contributed by atoms with van der Waals surface area (Å²) in [7, 11) is 0. The zero-order valence-electron chi connectivity index (χ0n) is 16.2. The van der Waals surface area contributed by atoms with Crippen LogP contribution in [-0.4, -0.2) is 11.8 Å². The average Bonchev–Trinajstić information content (AvgIpc) is 3.04. The molecule has 0 fully saturated rings. The van der Waals surface area contributed by atoms with Crippen molar-refractivity contribution in [2.45, 2.75) is 13.8 Å². The molecule has 0 bridgehead atoms. The third-order valence-corrected chi connectivity index (χ3v) is 4.65. The molecule has 1 aliphatic rings. The topological polar surface area (TPSA) is 52.6 Å². The number of rotatable bonds is 4. The number of benzene rings is 3. The normalized spacial score (nSPS) is 14.0. The van der Waals surface area contributed by atoms with Gasteiger partial charge in [-0.15, -0.1) is 0 Å². The number of carbonyl (C=O) groups excluding carboxylic acids is 2. The monoisotopic (exact) mass is 384 g/mol. The van der Waals surface area contributed by atoms with Crippen molar-refractivity contribution in [1.29, 1.82) is 0 Å². The van der Waals surface area contributed by atoms with Crippen LogP contribution < -0.4 is 9.47 Å². The molecule has 0 aliphatic carbocycles. The highest BCUT2D eigenvalue weighted by Gasteiger charge is 2.28. The van der Waals surface area contributed by atoms with E-state index in [1.165, 1.54) is 0 Å². The summed E-state index contributed by atoms with van der Waals surface area (Å²) in [4.78, 5) is 24.4. The molecule has 144 valence electrons. The fourth-order valence-electron chi connectivity index (χ4n) is 3.02. The van der Waals surface area contributed by atoms with Crippen molar-refractivity contribution in [3.05, 3.63) is 89.7 Å². The summed E-state index contributed by atoms with van der Waals surface area (Å²) >= 11 is 0. The standard InChI is InChI=1S/C25H20O4/c1-16(2)25(27)28-20-12-13-21-22(15-20)29-23(24(21)26)14-17-8-10-19(11-9-17)18-6-4-3-5-7-18/h3-16H,1-2H3/b23-14-. The SMILES string of the molecule is CC(C)C(=O)Oc1ccc2c(c1)O/C(=C\c1ccc(-c3ccccc3)cc1)C2=O. The predicted octanol–water partition coefficient (Wildman–Crippen LogP) is 5.53. The molecule has 29 heavy (non-hydrogen) atoms. The smallest absolute Gasteiger partial charge is 0.313 e. The molecule has 0 atom stereocenters. The van der Waals surface area contributed by atoms with Gasteiger partial charge in [0.1, 0.15) is 11.5 Å². The maximum Gasteiger partial charge on any atom is 0.313 e. The second kappa shape index (κ2) is 7.76. The molecular weight excluding hydrogens is 364 g/mol. The van der Waals surface area contributed by atoms with E-state index in [4.69, 9.17) is 9.47 Å². The Hall–Kier alpha value is -3.66. The van der Waals surface area contributed by atoms with Gasteiger partial charge >= 0.3 is 5.97 Å². The number of esters is 1. The van der Waals surface area contributed by atoms with Crippen molar-refractivity contribution in [3.63, 3.8) is 0 Å². The first-order valence-electron chi connectivity index (χ1n) is 9.47. The van der Waals surface area contributed by atoms with Gasteiger partial charge in [-0.05, 0) is 34.9 Å². The molecule has 0 unspecified atom stereocenters. The van der Waals surface area contributed by atoms with Gasteiger partial charge in [-0.25, -0.2) is 0 Å².